The average molecular weight is 174 g/mol. The van der Waals surface area contributed by atoms with E-state index in [1.54, 1.807) is 0 Å². The molecule has 0 aliphatic heterocycles. The van der Waals surface area contributed by atoms with Gasteiger partial charge in [0.25, 0.3) is 0 Å². The fourth-order valence-electron chi connectivity index (χ4n) is 0.925. The van der Waals surface area contributed by atoms with Crippen molar-refractivity contribution in [2.24, 2.45) is 5.73 Å². The van der Waals surface area contributed by atoms with Crippen LogP contribution in [0.25, 0.3) is 0 Å². The molecule has 1 atom stereocenters. The molecule has 3 N–H and O–H groups in total. The lowest BCUT2D eigenvalue weighted by atomic mass is 10.1. The molecule has 0 saturated carbocycles. The second-order valence-corrected chi connectivity index (χ2v) is 2.71. The van der Waals surface area contributed by atoms with Gasteiger partial charge >= 0.3 is 6.09 Å². The Hall–Kier alpha value is -0.770. The minimum absolute atomic E-state index is 0.0531. The summed E-state index contributed by atoms with van der Waals surface area (Å²) in [7, 11) is 1.35. The fraction of sp³-hybridized carbons (Fsp3) is 0.875. The minimum atomic E-state index is -0.401. The molecule has 12 heavy (non-hydrogen) atoms. The van der Waals surface area contributed by atoms with Crippen LogP contribution < -0.4 is 11.1 Å². The number of carbonyl (C=O) groups excluding carboxylic acids is 1. The van der Waals surface area contributed by atoms with Crippen LogP contribution >= 0.6 is 0 Å². The summed E-state index contributed by atoms with van der Waals surface area (Å²) >= 11 is 0. The Morgan fingerprint density at radius 2 is 2.33 bits per heavy atom. The van der Waals surface area contributed by atoms with E-state index in [1.807, 2.05) is 0 Å². The number of nitrogens with one attached hydrogen (secondary N) is 1. The molecule has 0 aromatic heterocycles. The normalized spacial score (nSPS) is 12.2. The number of ether oxygens (including phenoxy) is 1. The summed E-state index contributed by atoms with van der Waals surface area (Å²) in [6.45, 7) is 2.57. The van der Waals surface area contributed by atoms with Crippen LogP contribution in [0.5, 0.6) is 0 Å². The molecule has 0 saturated heterocycles. The van der Waals surface area contributed by atoms with Crippen LogP contribution in [-0.2, 0) is 4.74 Å². The Kier molecular flexibility index (Phi) is 6.47. The monoisotopic (exact) mass is 174 g/mol. The molecule has 0 aromatic rings. The van der Waals surface area contributed by atoms with Crippen molar-refractivity contribution in [2.75, 3.05) is 13.7 Å². The third-order valence-corrected chi connectivity index (χ3v) is 1.70. The van der Waals surface area contributed by atoms with Crippen molar-refractivity contribution in [3.8, 4) is 0 Å². The Labute approximate surface area is 73.5 Å². The van der Waals surface area contributed by atoms with Gasteiger partial charge in [-0.2, -0.15) is 0 Å². The lowest BCUT2D eigenvalue weighted by molar-refractivity contribution is 0.166. The summed E-state index contributed by atoms with van der Waals surface area (Å²) in [6.07, 6.45) is 2.70. The van der Waals surface area contributed by atoms with Crippen LogP contribution in [0, 0.1) is 0 Å². The number of unbranched alkanes of at least 4 members (excludes halogenated alkanes) is 1. The molecule has 0 radical (unpaired) electrons. The zero-order chi connectivity index (χ0) is 9.40. The first kappa shape index (κ1) is 11.2. The van der Waals surface area contributed by atoms with Crippen LogP contribution in [0.4, 0.5) is 4.79 Å². The second-order valence-electron chi connectivity index (χ2n) is 2.71. The Balaban J connectivity index is 3.59. The summed E-state index contributed by atoms with van der Waals surface area (Å²) in [5.41, 5.74) is 5.45. The second kappa shape index (κ2) is 6.91. The summed E-state index contributed by atoms with van der Waals surface area (Å²) in [5.74, 6) is 0. The molecule has 0 heterocycles. The lowest BCUT2D eigenvalue weighted by Crippen LogP contribution is -2.40. The van der Waals surface area contributed by atoms with E-state index in [2.05, 4.69) is 17.0 Å². The highest BCUT2D eigenvalue weighted by atomic mass is 16.5. The molecule has 0 spiro atoms. The van der Waals surface area contributed by atoms with Gasteiger partial charge in [0.2, 0.25) is 0 Å². The van der Waals surface area contributed by atoms with E-state index < -0.39 is 6.09 Å². The smallest absolute Gasteiger partial charge is 0.407 e. The van der Waals surface area contributed by atoms with Gasteiger partial charge in [-0.25, -0.2) is 4.79 Å². The maximum Gasteiger partial charge on any atom is 0.407 e. The van der Waals surface area contributed by atoms with Crippen LogP contribution in [0.2, 0.25) is 0 Å². The summed E-state index contributed by atoms with van der Waals surface area (Å²) in [5, 5.41) is 2.66. The zero-order valence-corrected chi connectivity index (χ0v) is 7.80. The van der Waals surface area contributed by atoms with E-state index in [1.165, 1.54) is 7.11 Å². The third kappa shape index (κ3) is 4.96. The van der Waals surface area contributed by atoms with Gasteiger partial charge in [0.1, 0.15) is 0 Å². The van der Waals surface area contributed by atoms with Crippen molar-refractivity contribution >= 4 is 6.09 Å². The summed E-state index contributed by atoms with van der Waals surface area (Å²) in [6, 6.07) is 0.0531. The van der Waals surface area contributed by atoms with Gasteiger partial charge in [-0.1, -0.05) is 19.8 Å². The van der Waals surface area contributed by atoms with E-state index >= 15 is 0 Å². The van der Waals surface area contributed by atoms with E-state index in [4.69, 9.17) is 5.73 Å². The van der Waals surface area contributed by atoms with Crippen molar-refractivity contribution in [2.45, 2.75) is 32.2 Å². The van der Waals surface area contributed by atoms with Crippen LogP contribution in [0.1, 0.15) is 26.2 Å². The molecule has 1 amide bonds. The first-order valence-electron chi connectivity index (χ1n) is 4.29. The molecule has 1 unspecified atom stereocenters. The SMILES string of the molecule is CCCCC(CN)NC(=O)OC. The number of amides is 1. The van der Waals surface area contributed by atoms with Crippen LogP contribution in [-0.4, -0.2) is 25.8 Å². The van der Waals surface area contributed by atoms with E-state index in [0.29, 0.717) is 6.54 Å². The number of carbonyl (C=O) groups is 1. The van der Waals surface area contributed by atoms with Gasteiger partial charge in [0, 0.05) is 12.6 Å². The number of hydrogen-bond donors (Lipinski definition) is 2. The first-order chi connectivity index (χ1) is 5.74. The molecule has 0 aliphatic carbocycles. The molecular weight excluding hydrogens is 156 g/mol. The van der Waals surface area contributed by atoms with Gasteiger partial charge in [-0.15, -0.1) is 0 Å². The summed E-state index contributed by atoms with van der Waals surface area (Å²) < 4.78 is 4.46. The molecule has 72 valence electrons. The molecule has 0 bridgehead atoms. The predicted octanol–water partition coefficient (Wildman–Crippen LogP) is 0.860. The van der Waals surface area contributed by atoms with Gasteiger partial charge in [-0.3, -0.25) is 0 Å². The maximum atomic E-state index is 10.8. The van der Waals surface area contributed by atoms with E-state index in [-0.39, 0.29) is 6.04 Å². The van der Waals surface area contributed by atoms with Crippen LogP contribution in [0.3, 0.4) is 0 Å². The predicted molar refractivity (Wildman–Crippen MR) is 47.9 cm³/mol. The highest BCUT2D eigenvalue weighted by Crippen LogP contribution is 1.98. The number of methoxy groups -OCH3 is 1. The van der Waals surface area contributed by atoms with Gasteiger partial charge in [0.15, 0.2) is 0 Å². The number of alkyl carbamates (subject to hydrolysis) is 1. The molecule has 0 rings (SSSR count). The lowest BCUT2D eigenvalue weighted by Gasteiger charge is -2.14. The molecule has 4 heteroatoms. The highest BCUT2D eigenvalue weighted by Gasteiger charge is 2.08. The van der Waals surface area contributed by atoms with Crippen molar-refractivity contribution in [1.82, 2.24) is 5.32 Å². The van der Waals surface area contributed by atoms with Crippen molar-refractivity contribution in [1.29, 1.82) is 0 Å². The quantitative estimate of drug-likeness (QED) is 0.649. The number of hydrogen-bond acceptors (Lipinski definition) is 3. The average Bonchev–Trinajstić information content (AvgIpc) is 2.11. The molecule has 0 aromatic carbocycles. The largest absolute Gasteiger partial charge is 0.453 e. The summed E-state index contributed by atoms with van der Waals surface area (Å²) in [4.78, 5) is 10.8. The van der Waals surface area contributed by atoms with Gasteiger partial charge < -0.3 is 15.8 Å². The first-order valence-corrected chi connectivity index (χ1v) is 4.29. The number of rotatable bonds is 5. The highest BCUT2D eigenvalue weighted by molar-refractivity contribution is 5.67. The van der Waals surface area contributed by atoms with Crippen molar-refractivity contribution < 1.29 is 9.53 Å². The van der Waals surface area contributed by atoms with E-state index in [0.717, 1.165) is 19.3 Å². The minimum Gasteiger partial charge on any atom is -0.453 e. The third-order valence-electron chi connectivity index (χ3n) is 1.70. The van der Waals surface area contributed by atoms with Crippen molar-refractivity contribution in [3.05, 3.63) is 0 Å². The van der Waals surface area contributed by atoms with Gasteiger partial charge in [-0.05, 0) is 6.42 Å². The topological polar surface area (TPSA) is 64.3 Å². The van der Waals surface area contributed by atoms with Crippen LogP contribution in [0.15, 0.2) is 0 Å². The zero-order valence-electron chi connectivity index (χ0n) is 7.80. The van der Waals surface area contributed by atoms with E-state index in [9.17, 15) is 4.79 Å². The Morgan fingerprint density at radius 1 is 1.67 bits per heavy atom. The van der Waals surface area contributed by atoms with Crippen molar-refractivity contribution in [3.63, 3.8) is 0 Å². The molecule has 4 nitrogen and oxygen atoms in total. The Morgan fingerprint density at radius 3 is 2.75 bits per heavy atom. The standard InChI is InChI=1S/C8H18N2O2/c1-3-4-5-7(6-9)10-8(11)12-2/h7H,3-6,9H2,1-2H3,(H,10,11). The van der Waals surface area contributed by atoms with Gasteiger partial charge in [0.05, 0.1) is 7.11 Å². The molecule has 0 aliphatic rings. The fourth-order valence-corrected chi connectivity index (χ4v) is 0.925. The molecular formula is C8H18N2O2. The molecule has 0 fully saturated rings. The maximum absolute atomic E-state index is 10.8. The Bertz CT molecular complexity index is 128. The number of nitrogens with two attached hydrogens (primary N) is 1.